The summed E-state index contributed by atoms with van der Waals surface area (Å²) in [6, 6.07) is 0.192. The van der Waals surface area contributed by atoms with Crippen LogP contribution in [0.2, 0.25) is 0 Å². The van der Waals surface area contributed by atoms with Crippen molar-refractivity contribution in [1.82, 2.24) is 9.80 Å². The van der Waals surface area contributed by atoms with Crippen molar-refractivity contribution in [2.45, 2.75) is 45.2 Å². The fraction of sp³-hybridized carbons (Fsp3) is 0.917. The highest BCUT2D eigenvalue weighted by molar-refractivity contribution is 5.81. The van der Waals surface area contributed by atoms with E-state index in [2.05, 4.69) is 25.8 Å². The second kappa shape index (κ2) is 6.21. The average Bonchev–Trinajstić information content (AvgIpc) is 2.29. The maximum absolute atomic E-state index is 12.0. The van der Waals surface area contributed by atoms with Crippen LogP contribution in [0.4, 0.5) is 0 Å². The first-order chi connectivity index (χ1) is 7.60. The number of carbonyl (C=O) groups is 1. The van der Waals surface area contributed by atoms with Crippen molar-refractivity contribution in [2.24, 2.45) is 5.73 Å². The summed E-state index contributed by atoms with van der Waals surface area (Å²) >= 11 is 0. The van der Waals surface area contributed by atoms with Crippen LogP contribution in [0, 0.1) is 0 Å². The molecule has 2 atom stereocenters. The van der Waals surface area contributed by atoms with Gasteiger partial charge in [0.15, 0.2) is 0 Å². The normalized spacial score (nSPS) is 24.5. The number of piperazine rings is 1. The molecule has 94 valence electrons. The Morgan fingerprint density at radius 1 is 1.44 bits per heavy atom. The summed E-state index contributed by atoms with van der Waals surface area (Å²) in [4.78, 5) is 16.3. The second-order valence-corrected chi connectivity index (χ2v) is 4.72. The smallest absolute Gasteiger partial charge is 0.239 e. The lowest BCUT2D eigenvalue weighted by Crippen LogP contribution is -2.56. The van der Waals surface area contributed by atoms with Crippen LogP contribution in [0.3, 0.4) is 0 Å². The van der Waals surface area contributed by atoms with Crippen molar-refractivity contribution >= 4 is 5.91 Å². The molecule has 0 aromatic rings. The Morgan fingerprint density at radius 3 is 2.69 bits per heavy atom. The van der Waals surface area contributed by atoms with Gasteiger partial charge in [-0.1, -0.05) is 20.3 Å². The number of hydrogen-bond acceptors (Lipinski definition) is 3. The summed E-state index contributed by atoms with van der Waals surface area (Å²) in [5, 5.41) is 0. The van der Waals surface area contributed by atoms with Gasteiger partial charge in [0.25, 0.3) is 0 Å². The van der Waals surface area contributed by atoms with Crippen molar-refractivity contribution < 1.29 is 4.79 Å². The quantitative estimate of drug-likeness (QED) is 0.768. The summed E-state index contributed by atoms with van der Waals surface area (Å²) in [5.41, 5.74) is 5.88. The lowest BCUT2D eigenvalue weighted by atomic mass is 10.1. The van der Waals surface area contributed by atoms with E-state index in [0.717, 1.165) is 38.9 Å². The fourth-order valence-corrected chi connectivity index (χ4v) is 2.26. The van der Waals surface area contributed by atoms with Gasteiger partial charge in [-0.3, -0.25) is 9.69 Å². The third-order valence-electron chi connectivity index (χ3n) is 3.48. The predicted molar refractivity (Wildman–Crippen MR) is 66.2 cm³/mol. The Balaban J connectivity index is 2.51. The molecule has 4 heteroatoms. The van der Waals surface area contributed by atoms with Crippen LogP contribution in [0.15, 0.2) is 0 Å². The molecule has 1 heterocycles. The third kappa shape index (κ3) is 3.19. The van der Waals surface area contributed by atoms with E-state index in [1.807, 2.05) is 4.90 Å². The van der Waals surface area contributed by atoms with E-state index in [0.29, 0.717) is 6.04 Å². The standard InChI is InChI=1S/C12H25N3O/c1-4-6-11(13)12(16)15-8-7-14(3)10(5-2)9-15/h10-11H,4-9,13H2,1-3H3/t10?,11-/m1/s1. The van der Waals surface area contributed by atoms with E-state index in [1.165, 1.54) is 0 Å². The maximum atomic E-state index is 12.0. The number of nitrogens with zero attached hydrogens (tertiary/aromatic N) is 2. The highest BCUT2D eigenvalue weighted by atomic mass is 16.2. The van der Waals surface area contributed by atoms with Crippen molar-refractivity contribution in [3.05, 3.63) is 0 Å². The summed E-state index contributed by atoms with van der Waals surface area (Å²) < 4.78 is 0. The Hall–Kier alpha value is -0.610. The van der Waals surface area contributed by atoms with Crippen LogP contribution in [0.1, 0.15) is 33.1 Å². The number of carbonyl (C=O) groups excluding carboxylic acids is 1. The van der Waals surface area contributed by atoms with Crippen molar-refractivity contribution in [2.75, 3.05) is 26.7 Å². The van der Waals surface area contributed by atoms with Gasteiger partial charge in [0.2, 0.25) is 5.91 Å². The zero-order valence-corrected chi connectivity index (χ0v) is 10.8. The number of amides is 1. The zero-order chi connectivity index (χ0) is 12.1. The first-order valence-corrected chi connectivity index (χ1v) is 6.34. The molecule has 0 saturated carbocycles. The molecule has 0 radical (unpaired) electrons. The topological polar surface area (TPSA) is 49.6 Å². The molecule has 16 heavy (non-hydrogen) atoms. The Bertz CT molecular complexity index is 232. The van der Waals surface area contributed by atoms with Crippen LogP contribution < -0.4 is 5.73 Å². The SMILES string of the molecule is CCC[C@@H](N)C(=O)N1CCN(C)C(CC)C1. The molecule has 0 bridgehead atoms. The molecule has 1 amide bonds. The molecule has 2 N–H and O–H groups in total. The fourth-order valence-electron chi connectivity index (χ4n) is 2.26. The molecular weight excluding hydrogens is 202 g/mol. The minimum absolute atomic E-state index is 0.133. The Labute approximate surface area is 98.8 Å². The molecule has 1 rings (SSSR count). The molecule has 0 aliphatic carbocycles. The number of rotatable bonds is 4. The van der Waals surface area contributed by atoms with E-state index in [1.54, 1.807) is 0 Å². The number of nitrogens with two attached hydrogens (primary N) is 1. The van der Waals surface area contributed by atoms with Gasteiger partial charge in [0.05, 0.1) is 6.04 Å². The predicted octanol–water partition coefficient (Wildman–Crippen LogP) is 0.666. The molecule has 4 nitrogen and oxygen atoms in total. The summed E-state index contributed by atoms with van der Waals surface area (Å²) in [6.45, 7) is 6.85. The van der Waals surface area contributed by atoms with Gasteiger partial charge in [-0.05, 0) is 19.9 Å². The number of likely N-dealkylation sites (N-methyl/N-ethyl adjacent to an activating group) is 1. The first kappa shape index (κ1) is 13.5. The highest BCUT2D eigenvalue weighted by Gasteiger charge is 2.28. The van der Waals surface area contributed by atoms with Gasteiger partial charge in [0, 0.05) is 25.7 Å². The van der Waals surface area contributed by atoms with Gasteiger partial charge in [-0.2, -0.15) is 0 Å². The molecule has 0 aromatic carbocycles. The molecule has 0 aromatic heterocycles. The van der Waals surface area contributed by atoms with Gasteiger partial charge in [-0.25, -0.2) is 0 Å². The lowest BCUT2D eigenvalue weighted by Gasteiger charge is -2.40. The molecule has 1 fully saturated rings. The van der Waals surface area contributed by atoms with Crippen LogP contribution in [-0.2, 0) is 4.79 Å². The van der Waals surface area contributed by atoms with Crippen LogP contribution in [0.25, 0.3) is 0 Å². The maximum Gasteiger partial charge on any atom is 0.239 e. The van der Waals surface area contributed by atoms with Gasteiger partial charge >= 0.3 is 0 Å². The summed E-state index contributed by atoms with van der Waals surface area (Å²) in [6.07, 6.45) is 2.85. The summed E-state index contributed by atoms with van der Waals surface area (Å²) in [5.74, 6) is 0.133. The van der Waals surface area contributed by atoms with E-state index < -0.39 is 0 Å². The zero-order valence-electron chi connectivity index (χ0n) is 10.8. The van der Waals surface area contributed by atoms with E-state index >= 15 is 0 Å². The Kier molecular flexibility index (Phi) is 5.22. The van der Waals surface area contributed by atoms with Crippen molar-refractivity contribution in [1.29, 1.82) is 0 Å². The molecular formula is C12H25N3O. The average molecular weight is 227 g/mol. The summed E-state index contributed by atoms with van der Waals surface area (Å²) in [7, 11) is 2.13. The number of hydrogen-bond donors (Lipinski definition) is 1. The van der Waals surface area contributed by atoms with E-state index in [9.17, 15) is 4.79 Å². The van der Waals surface area contributed by atoms with Gasteiger partial charge in [0.1, 0.15) is 0 Å². The molecule has 1 aliphatic rings. The minimum Gasteiger partial charge on any atom is -0.338 e. The monoisotopic (exact) mass is 227 g/mol. The van der Waals surface area contributed by atoms with Crippen molar-refractivity contribution in [3.63, 3.8) is 0 Å². The molecule has 1 unspecified atom stereocenters. The highest BCUT2D eigenvalue weighted by Crippen LogP contribution is 2.12. The van der Waals surface area contributed by atoms with E-state index in [4.69, 9.17) is 5.73 Å². The van der Waals surface area contributed by atoms with Gasteiger partial charge in [-0.15, -0.1) is 0 Å². The second-order valence-electron chi connectivity index (χ2n) is 4.72. The molecule has 1 saturated heterocycles. The third-order valence-corrected chi connectivity index (χ3v) is 3.48. The van der Waals surface area contributed by atoms with E-state index in [-0.39, 0.29) is 11.9 Å². The van der Waals surface area contributed by atoms with Gasteiger partial charge < -0.3 is 10.6 Å². The van der Waals surface area contributed by atoms with Crippen LogP contribution in [-0.4, -0.2) is 54.5 Å². The minimum atomic E-state index is -0.300. The lowest BCUT2D eigenvalue weighted by molar-refractivity contribution is -0.135. The Morgan fingerprint density at radius 2 is 2.12 bits per heavy atom. The molecule has 0 spiro atoms. The molecule has 1 aliphatic heterocycles. The largest absolute Gasteiger partial charge is 0.338 e. The van der Waals surface area contributed by atoms with Crippen LogP contribution >= 0.6 is 0 Å². The van der Waals surface area contributed by atoms with Crippen molar-refractivity contribution in [3.8, 4) is 0 Å². The van der Waals surface area contributed by atoms with Crippen LogP contribution in [0.5, 0.6) is 0 Å². The first-order valence-electron chi connectivity index (χ1n) is 6.34.